The molecule has 2 N–H and O–H groups in total. The Labute approximate surface area is 117 Å². The average molecular weight is 276 g/mol. The molecule has 0 amide bonds. The minimum absolute atomic E-state index is 0.171. The summed E-state index contributed by atoms with van der Waals surface area (Å²) in [6, 6.07) is 6.30. The molecule has 0 aliphatic carbocycles. The van der Waals surface area contributed by atoms with Gasteiger partial charge >= 0.3 is 0 Å². The molecule has 2 aromatic rings. The molecule has 0 bridgehead atoms. The summed E-state index contributed by atoms with van der Waals surface area (Å²) in [5.74, 6) is 0.893. The van der Waals surface area contributed by atoms with Crippen molar-refractivity contribution in [2.75, 3.05) is 36.7 Å². The van der Waals surface area contributed by atoms with Crippen molar-refractivity contribution in [2.24, 2.45) is 0 Å². The lowest BCUT2D eigenvalue weighted by Crippen LogP contribution is -2.22. The van der Waals surface area contributed by atoms with Gasteiger partial charge in [-0.1, -0.05) is 12.1 Å². The minimum atomic E-state index is -0.254. The largest absolute Gasteiger partial charge is 0.368 e. The molecule has 1 heterocycles. The molecule has 0 fully saturated rings. The van der Waals surface area contributed by atoms with Crippen LogP contribution in [0.4, 0.5) is 22.2 Å². The Kier molecular flexibility index (Phi) is 3.97. The first-order chi connectivity index (χ1) is 9.45. The van der Waals surface area contributed by atoms with Crippen molar-refractivity contribution >= 4 is 17.8 Å². The summed E-state index contributed by atoms with van der Waals surface area (Å²) in [7, 11) is 5.51. The second kappa shape index (κ2) is 5.68. The molecule has 7 heteroatoms. The quantitative estimate of drug-likeness (QED) is 0.907. The Morgan fingerprint density at radius 3 is 2.20 bits per heavy atom. The maximum absolute atomic E-state index is 12.9. The van der Waals surface area contributed by atoms with Crippen LogP contribution in [-0.4, -0.2) is 36.1 Å². The van der Waals surface area contributed by atoms with E-state index in [4.69, 9.17) is 5.73 Å². The molecule has 1 aromatic heterocycles. The van der Waals surface area contributed by atoms with Gasteiger partial charge in [0.2, 0.25) is 17.8 Å². The van der Waals surface area contributed by atoms with Crippen LogP contribution in [0.25, 0.3) is 0 Å². The maximum atomic E-state index is 12.9. The molecule has 0 aliphatic heterocycles. The van der Waals surface area contributed by atoms with Crippen LogP contribution in [0.2, 0.25) is 0 Å². The molecule has 6 nitrogen and oxygen atoms in total. The molecule has 0 aliphatic rings. The molecule has 106 valence electrons. The fourth-order valence-corrected chi connectivity index (χ4v) is 1.67. The van der Waals surface area contributed by atoms with Crippen molar-refractivity contribution in [1.29, 1.82) is 0 Å². The molecular formula is C13H17FN6. The van der Waals surface area contributed by atoms with Gasteiger partial charge in [-0.25, -0.2) is 4.39 Å². The topological polar surface area (TPSA) is 71.2 Å². The molecule has 1 aromatic carbocycles. The van der Waals surface area contributed by atoms with Gasteiger partial charge in [0, 0.05) is 27.7 Å². The fourth-order valence-electron chi connectivity index (χ4n) is 1.67. The highest BCUT2D eigenvalue weighted by atomic mass is 19.1. The number of nitrogens with two attached hydrogens (primary N) is 1. The Hall–Kier alpha value is -2.44. The highest BCUT2D eigenvalue weighted by Gasteiger charge is 2.10. The van der Waals surface area contributed by atoms with Crippen LogP contribution in [0.15, 0.2) is 24.3 Å². The number of anilines is 3. The van der Waals surface area contributed by atoms with Gasteiger partial charge in [0.15, 0.2) is 0 Å². The molecule has 2 rings (SSSR count). The van der Waals surface area contributed by atoms with Gasteiger partial charge in [0.1, 0.15) is 5.82 Å². The van der Waals surface area contributed by atoms with Crippen molar-refractivity contribution in [1.82, 2.24) is 15.0 Å². The summed E-state index contributed by atoms with van der Waals surface area (Å²) in [5.41, 5.74) is 6.64. The maximum Gasteiger partial charge on any atom is 0.231 e. The van der Waals surface area contributed by atoms with E-state index in [0.717, 1.165) is 5.56 Å². The number of hydrogen-bond donors (Lipinski definition) is 1. The zero-order chi connectivity index (χ0) is 14.7. The monoisotopic (exact) mass is 276 g/mol. The zero-order valence-electron chi connectivity index (χ0n) is 11.7. The number of rotatable bonds is 4. The lowest BCUT2D eigenvalue weighted by Gasteiger charge is -2.19. The predicted octanol–water partition coefficient (Wildman–Crippen LogP) is 1.30. The van der Waals surface area contributed by atoms with E-state index in [1.165, 1.54) is 12.1 Å². The summed E-state index contributed by atoms with van der Waals surface area (Å²) in [5, 5.41) is 0. The highest BCUT2D eigenvalue weighted by molar-refractivity contribution is 5.42. The van der Waals surface area contributed by atoms with Crippen LogP contribution in [-0.2, 0) is 6.54 Å². The smallest absolute Gasteiger partial charge is 0.231 e. The third kappa shape index (κ3) is 3.31. The summed E-state index contributed by atoms with van der Waals surface area (Å²) >= 11 is 0. The summed E-state index contributed by atoms with van der Waals surface area (Å²) in [6.45, 7) is 0.552. The number of halogens is 1. The molecule has 0 saturated heterocycles. The van der Waals surface area contributed by atoms with E-state index < -0.39 is 0 Å². The van der Waals surface area contributed by atoms with E-state index in [2.05, 4.69) is 15.0 Å². The van der Waals surface area contributed by atoms with Crippen molar-refractivity contribution in [3.05, 3.63) is 35.6 Å². The van der Waals surface area contributed by atoms with Crippen molar-refractivity contribution in [3.63, 3.8) is 0 Å². The van der Waals surface area contributed by atoms with Crippen LogP contribution in [0, 0.1) is 5.82 Å². The number of benzene rings is 1. The van der Waals surface area contributed by atoms with E-state index in [1.54, 1.807) is 17.0 Å². The van der Waals surface area contributed by atoms with Gasteiger partial charge in [-0.2, -0.15) is 15.0 Å². The molecule has 0 unspecified atom stereocenters. The second-order valence-electron chi connectivity index (χ2n) is 4.67. The van der Waals surface area contributed by atoms with Gasteiger partial charge < -0.3 is 15.5 Å². The van der Waals surface area contributed by atoms with Crippen LogP contribution in [0.5, 0.6) is 0 Å². The van der Waals surface area contributed by atoms with E-state index in [9.17, 15) is 4.39 Å². The second-order valence-corrected chi connectivity index (χ2v) is 4.67. The van der Waals surface area contributed by atoms with Gasteiger partial charge in [0.05, 0.1) is 0 Å². The number of nitrogens with zero attached hydrogens (tertiary/aromatic N) is 5. The summed E-state index contributed by atoms with van der Waals surface area (Å²) in [6.07, 6.45) is 0. The third-order valence-electron chi connectivity index (χ3n) is 2.70. The Morgan fingerprint density at radius 2 is 1.60 bits per heavy atom. The molecule has 0 radical (unpaired) electrons. The third-order valence-corrected chi connectivity index (χ3v) is 2.70. The van der Waals surface area contributed by atoms with Crippen LogP contribution < -0.4 is 15.5 Å². The number of hydrogen-bond acceptors (Lipinski definition) is 6. The zero-order valence-corrected chi connectivity index (χ0v) is 11.7. The van der Waals surface area contributed by atoms with E-state index >= 15 is 0 Å². The fraction of sp³-hybridized carbons (Fsp3) is 0.308. The minimum Gasteiger partial charge on any atom is -0.368 e. The first-order valence-corrected chi connectivity index (χ1v) is 6.10. The standard InChI is InChI=1S/C13H17FN6/c1-19(2)12-16-11(15)17-13(18-12)20(3)8-9-4-6-10(14)7-5-9/h4-7H,8H2,1-3H3,(H2,15,16,17,18). The lowest BCUT2D eigenvalue weighted by molar-refractivity contribution is 0.627. The molecule has 20 heavy (non-hydrogen) atoms. The number of aromatic nitrogens is 3. The van der Waals surface area contributed by atoms with Gasteiger partial charge in [-0.05, 0) is 17.7 Å². The van der Waals surface area contributed by atoms with E-state index in [0.29, 0.717) is 18.4 Å². The van der Waals surface area contributed by atoms with Crippen molar-refractivity contribution in [2.45, 2.75) is 6.54 Å². The molecule has 0 spiro atoms. The van der Waals surface area contributed by atoms with Crippen molar-refractivity contribution < 1.29 is 4.39 Å². The van der Waals surface area contributed by atoms with Crippen LogP contribution in [0.1, 0.15) is 5.56 Å². The summed E-state index contributed by atoms with van der Waals surface area (Å²) in [4.78, 5) is 16.1. The summed E-state index contributed by atoms with van der Waals surface area (Å²) < 4.78 is 12.9. The Morgan fingerprint density at radius 1 is 1.00 bits per heavy atom. The van der Waals surface area contributed by atoms with Gasteiger partial charge in [-0.15, -0.1) is 0 Å². The normalized spacial score (nSPS) is 10.4. The molecule has 0 saturated carbocycles. The highest BCUT2D eigenvalue weighted by Crippen LogP contribution is 2.15. The molecular weight excluding hydrogens is 259 g/mol. The SMILES string of the molecule is CN(C)c1nc(N)nc(N(C)Cc2ccc(F)cc2)n1. The Bertz CT molecular complexity index is 584. The van der Waals surface area contributed by atoms with E-state index in [-0.39, 0.29) is 11.8 Å². The lowest BCUT2D eigenvalue weighted by atomic mass is 10.2. The number of nitrogen functional groups attached to an aromatic ring is 1. The van der Waals surface area contributed by atoms with Crippen LogP contribution in [0.3, 0.4) is 0 Å². The first-order valence-electron chi connectivity index (χ1n) is 6.10. The first kappa shape index (κ1) is 14.0. The van der Waals surface area contributed by atoms with Crippen LogP contribution >= 0.6 is 0 Å². The Balaban J connectivity index is 2.20. The van der Waals surface area contributed by atoms with Gasteiger partial charge in [0.25, 0.3) is 0 Å². The molecule has 0 atom stereocenters. The predicted molar refractivity (Wildman–Crippen MR) is 77.1 cm³/mol. The average Bonchev–Trinajstić information content (AvgIpc) is 2.40. The van der Waals surface area contributed by atoms with E-state index in [1.807, 2.05) is 26.0 Å². The van der Waals surface area contributed by atoms with Crippen molar-refractivity contribution in [3.8, 4) is 0 Å². The van der Waals surface area contributed by atoms with Gasteiger partial charge in [-0.3, -0.25) is 0 Å².